The predicted molar refractivity (Wildman–Crippen MR) is 30.6 cm³/mol. The molecular weight excluding hydrogens is 130 g/mol. The summed E-state index contributed by atoms with van der Waals surface area (Å²) in [6.07, 6.45) is 0. The Morgan fingerprint density at radius 2 is 2.12 bits per heavy atom. The second kappa shape index (κ2) is 2.91. The molecule has 48 valence electrons. The fourth-order valence-electron chi connectivity index (χ4n) is 0.128. The van der Waals surface area contributed by atoms with Crippen molar-refractivity contribution in [1.82, 2.24) is 0 Å². The molecule has 0 amide bonds. The van der Waals surface area contributed by atoms with Gasteiger partial charge in [-0.1, -0.05) is 0 Å². The fourth-order valence-corrected chi connectivity index (χ4v) is 0.255. The summed E-state index contributed by atoms with van der Waals surface area (Å²) in [5, 5.41) is 16.4. The van der Waals surface area contributed by atoms with E-state index in [1.807, 2.05) is 0 Å². The topological polar surface area (TPSA) is 83.6 Å². The second-order valence-electron chi connectivity index (χ2n) is 1.28. The van der Waals surface area contributed by atoms with Gasteiger partial charge < -0.3 is 15.9 Å². The summed E-state index contributed by atoms with van der Waals surface area (Å²) >= 11 is 3.38. The number of carboxylic acids is 1. The van der Waals surface area contributed by atoms with Crippen molar-refractivity contribution in [2.45, 2.75) is 11.5 Å². The van der Waals surface area contributed by atoms with E-state index < -0.39 is 17.4 Å². The highest BCUT2D eigenvalue weighted by atomic mass is 32.1. The van der Waals surface area contributed by atoms with Crippen LogP contribution in [0.5, 0.6) is 0 Å². The zero-order chi connectivity index (χ0) is 6.73. The van der Waals surface area contributed by atoms with Crippen LogP contribution in [0.2, 0.25) is 0 Å². The number of thiol groups is 1. The van der Waals surface area contributed by atoms with E-state index in [9.17, 15) is 4.79 Å². The maximum absolute atomic E-state index is 9.81. The van der Waals surface area contributed by atoms with Gasteiger partial charge in [0.1, 0.15) is 11.5 Å². The standard InChI is InChI=1S/C3H7NO3S/c4-1(2(5)6)3(7)8/h1,3,7-8H,4H2,(H,5,6). The Kier molecular flexibility index (Phi) is 2.81. The SMILES string of the molecule is NC(C(=O)O)C(O)S. The lowest BCUT2D eigenvalue weighted by Gasteiger charge is -2.06. The molecule has 4 nitrogen and oxygen atoms in total. The number of carbonyl (C=O) groups is 1. The van der Waals surface area contributed by atoms with Crippen LogP contribution in [0, 0.1) is 0 Å². The summed E-state index contributed by atoms with van der Waals surface area (Å²) in [7, 11) is 0. The van der Waals surface area contributed by atoms with Gasteiger partial charge >= 0.3 is 5.97 Å². The maximum atomic E-state index is 9.81. The molecule has 0 aliphatic carbocycles. The molecule has 0 radical (unpaired) electrons. The summed E-state index contributed by atoms with van der Waals surface area (Å²) in [6, 6.07) is -1.29. The van der Waals surface area contributed by atoms with Crippen molar-refractivity contribution >= 4 is 18.6 Å². The van der Waals surface area contributed by atoms with Crippen LogP contribution in [-0.4, -0.2) is 27.7 Å². The van der Waals surface area contributed by atoms with E-state index in [0.717, 1.165) is 0 Å². The first kappa shape index (κ1) is 7.74. The maximum Gasteiger partial charge on any atom is 0.324 e. The number of nitrogens with two attached hydrogens (primary N) is 1. The summed E-state index contributed by atoms with van der Waals surface area (Å²) in [5.41, 5.74) is 3.55. The third-order valence-corrected chi connectivity index (χ3v) is 0.928. The van der Waals surface area contributed by atoms with Crippen LogP contribution in [0.4, 0.5) is 0 Å². The van der Waals surface area contributed by atoms with Crippen molar-refractivity contribution in [1.29, 1.82) is 0 Å². The molecule has 0 aliphatic rings. The van der Waals surface area contributed by atoms with Crippen LogP contribution in [0.25, 0.3) is 0 Å². The molecule has 2 unspecified atom stereocenters. The Morgan fingerprint density at radius 3 is 2.12 bits per heavy atom. The highest BCUT2D eigenvalue weighted by molar-refractivity contribution is 7.80. The Morgan fingerprint density at radius 1 is 1.75 bits per heavy atom. The molecule has 0 aromatic rings. The van der Waals surface area contributed by atoms with Crippen molar-refractivity contribution in [3.05, 3.63) is 0 Å². The fraction of sp³-hybridized carbons (Fsp3) is 0.667. The second-order valence-corrected chi connectivity index (χ2v) is 1.81. The van der Waals surface area contributed by atoms with Gasteiger partial charge in [0.15, 0.2) is 0 Å². The molecule has 0 aromatic carbocycles. The Hall–Kier alpha value is -0.260. The van der Waals surface area contributed by atoms with Crippen LogP contribution < -0.4 is 5.73 Å². The third-order valence-electron chi connectivity index (χ3n) is 0.606. The molecule has 0 aliphatic heterocycles. The van der Waals surface area contributed by atoms with Crippen molar-refractivity contribution in [2.24, 2.45) is 5.73 Å². The number of hydrogen-bond acceptors (Lipinski definition) is 4. The zero-order valence-corrected chi connectivity index (χ0v) is 4.88. The van der Waals surface area contributed by atoms with Gasteiger partial charge in [-0.05, 0) is 0 Å². The van der Waals surface area contributed by atoms with Gasteiger partial charge in [-0.2, -0.15) is 0 Å². The summed E-state index contributed by atoms with van der Waals surface area (Å²) < 4.78 is 0. The van der Waals surface area contributed by atoms with Gasteiger partial charge in [-0.3, -0.25) is 4.79 Å². The highest BCUT2D eigenvalue weighted by Gasteiger charge is 2.17. The van der Waals surface area contributed by atoms with Crippen LogP contribution in [0.15, 0.2) is 0 Å². The molecule has 0 heterocycles. The lowest BCUT2D eigenvalue weighted by Crippen LogP contribution is -2.38. The highest BCUT2D eigenvalue weighted by Crippen LogP contribution is 1.93. The average Bonchev–Trinajstić information content (AvgIpc) is 1.64. The van der Waals surface area contributed by atoms with Gasteiger partial charge in [-0.25, -0.2) is 0 Å². The van der Waals surface area contributed by atoms with Crippen molar-refractivity contribution < 1.29 is 15.0 Å². The minimum atomic E-state index is -1.29. The normalized spacial score (nSPS) is 17.4. The van der Waals surface area contributed by atoms with E-state index in [-0.39, 0.29) is 0 Å². The molecule has 2 atom stereocenters. The first-order chi connectivity index (χ1) is 3.55. The molecule has 0 rings (SSSR count). The van der Waals surface area contributed by atoms with E-state index in [1.165, 1.54) is 0 Å². The number of aliphatic carboxylic acids is 1. The minimum Gasteiger partial charge on any atom is -0.480 e. The predicted octanol–water partition coefficient (Wildman–Crippen LogP) is -1.35. The quantitative estimate of drug-likeness (QED) is 0.280. The molecule has 8 heavy (non-hydrogen) atoms. The molecule has 0 spiro atoms. The monoisotopic (exact) mass is 137 g/mol. The number of aliphatic hydroxyl groups is 1. The average molecular weight is 137 g/mol. The van der Waals surface area contributed by atoms with Gasteiger partial charge in [0.25, 0.3) is 0 Å². The molecule has 0 bridgehead atoms. The van der Waals surface area contributed by atoms with E-state index in [4.69, 9.17) is 15.9 Å². The number of carboxylic acid groups (broad SMARTS) is 1. The first-order valence-corrected chi connectivity index (χ1v) is 2.42. The zero-order valence-electron chi connectivity index (χ0n) is 3.98. The van der Waals surface area contributed by atoms with Crippen molar-refractivity contribution in [3.63, 3.8) is 0 Å². The lowest BCUT2D eigenvalue weighted by atomic mass is 10.3. The van der Waals surface area contributed by atoms with Crippen LogP contribution >= 0.6 is 12.6 Å². The third kappa shape index (κ3) is 2.15. The number of rotatable bonds is 2. The van der Waals surface area contributed by atoms with Crippen LogP contribution in [0.1, 0.15) is 0 Å². The van der Waals surface area contributed by atoms with Crippen LogP contribution in [0.3, 0.4) is 0 Å². The van der Waals surface area contributed by atoms with E-state index in [1.54, 1.807) is 0 Å². The van der Waals surface area contributed by atoms with E-state index >= 15 is 0 Å². The van der Waals surface area contributed by atoms with Gasteiger partial charge in [-0.15, -0.1) is 12.6 Å². The minimum absolute atomic E-state index is 1.26. The number of hydrogen-bond donors (Lipinski definition) is 4. The van der Waals surface area contributed by atoms with Crippen molar-refractivity contribution in [3.8, 4) is 0 Å². The Balaban J connectivity index is 3.64. The summed E-state index contributed by atoms with van der Waals surface area (Å²) in [5.74, 6) is -1.26. The largest absolute Gasteiger partial charge is 0.480 e. The van der Waals surface area contributed by atoms with Gasteiger partial charge in [0, 0.05) is 0 Å². The van der Waals surface area contributed by atoms with Crippen LogP contribution in [-0.2, 0) is 4.79 Å². The van der Waals surface area contributed by atoms with E-state index in [0.29, 0.717) is 0 Å². The number of aliphatic hydroxyl groups excluding tert-OH is 1. The Bertz CT molecular complexity index is 94.5. The van der Waals surface area contributed by atoms with Gasteiger partial charge in [0.2, 0.25) is 0 Å². The summed E-state index contributed by atoms with van der Waals surface area (Å²) in [4.78, 5) is 9.81. The molecule has 5 heteroatoms. The van der Waals surface area contributed by atoms with Crippen molar-refractivity contribution in [2.75, 3.05) is 0 Å². The molecule has 0 aromatic heterocycles. The molecule has 0 saturated carbocycles. The van der Waals surface area contributed by atoms with E-state index in [2.05, 4.69) is 12.6 Å². The van der Waals surface area contributed by atoms with Gasteiger partial charge in [0.05, 0.1) is 0 Å². The molecular formula is C3H7NO3S. The first-order valence-electron chi connectivity index (χ1n) is 1.90. The summed E-state index contributed by atoms with van der Waals surface area (Å²) in [6.45, 7) is 0. The molecule has 0 fully saturated rings. The molecule has 4 N–H and O–H groups in total. The smallest absolute Gasteiger partial charge is 0.324 e. The Labute approximate surface area is 51.7 Å². The molecule has 0 saturated heterocycles. The lowest BCUT2D eigenvalue weighted by molar-refractivity contribution is -0.139.